The summed E-state index contributed by atoms with van der Waals surface area (Å²) in [4.78, 5) is 16.5. The number of carbonyl (C=O) groups is 1. The summed E-state index contributed by atoms with van der Waals surface area (Å²) in [6.07, 6.45) is 0. The fourth-order valence-electron chi connectivity index (χ4n) is 2.34. The summed E-state index contributed by atoms with van der Waals surface area (Å²) in [5.74, 6) is -0.624. The van der Waals surface area contributed by atoms with Crippen LogP contribution in [0.1, 0.15) is 10.6 Å². The van der Waals surface area contributed by atoms with Gasteiger partial charge in [0.2, 0.25) is 0 Å². The number of hydrogen-bond donors (Lipinski definition) is 2. The fraction of sp³-hybridized carbons (Fsp3) is 0. The number of hydrogen-bond acceptors (Lipinski definition) is 5. The molecular formula is C17H10FN3O2S2. The van der Waals surface area contributed by atoms with Crippen LogP contribution in [0, 0.1) is 5.82 Å². The first-order valence-electron chi connectivity index (χ1n) is 7.25. The Labute approximate surface area is 150 Å². The molecule has 2 N–H and O–H groups in total. The topological polar surface area (TPSA) is 67.2 Å². The predicted octanol–water partition coefficient (Wildman–Crippen LogP) is 4.31. The van der Waals surface area contributed by atoms with Crippen molar-refractivity contribution >= 4 is 60.9 Å². The second kappa shape index (κ2) is 6.23. The molecule has 1 amide bonds. The number of carbonyl (C=O) groups excluding carboxylic acids is 1. The zero-order valence-electron chi connectivity index (χ0n) is 12.6. The van der Waals surface area contributed by atoms with Gasteiger partial charge in [-0.2, -0.15) is 0 Å². The van der Waals surface area contributed by atoms with Crippen molar-refractivity contribution in [3.05, 3.63) is 60.1 Å². The van der Waals surface area contributed by atoms with Crippen LogP contribution in [0.15, 0.2) is 52.9 Å². The van der Waals surface area contributed by atoms with Crippen molar-refractivity contribution in [2.45, 2.75) is 0 Å². The molecule has 0 saturated carbocycles. The number of halogens is 1. The minimum Gasteiger partial charge on any atom is -0.451 e. The van der Waals surface area contributed by atoms with Gasteiger partial charge in [-0.15, -0.1) is 0 Å². The van der Waals surface area contributed by atoms with Gasteiger partial charge in [-0.05, 0) is 42.5 Å². The van der Waals surface area contributed by atoms with Crippen molar-refractivity contribution < 1.29 is 13.6 Å². The van der Waals surface area contributed by atoms with Gasteiger partial charge in [0.05, 0.1) is 10.2 Å². The van der Waals surface area contributed by atoms with E-state index >= 15 is 0 Å². The normalized spacial score (nSPS) is 10.9. The van der Waals surface area contributed by atoms with Gasteiger partial charge in [-0.1, -0.05) is 29.5 Å². The summed E-state index contributed by atoms with van der Waals surface area (Å²) < 4.78 is 19.4. The molecule has 124 valence electrons. The maximum atomic E-state index is 13.2. The van der Waals surface area contributed by atoms with Crippen LogP contribution < -0.4 is 10.6 Å². The maximum absolute atomic E-state index is 13.2. The van der Waals surface area contributed by atoms with Crippen LogP contribution in [0.3, 0.4) is 0 Å². The summed E-state index contributed by atoms with van der Waals surface area (Å²) in [7, 11) is 0. The quantitative estimate of drug-likeness (QED) is 0.514. The number of nitrogens with one attached hydrogen (secondary N) is 2. The second-order valence-electron chi connectivity index (χ2n) is 5.19. The highest BCUT2D eigenvalue weighted by Gasteiger charge is 2.14. The molecule has 0 aliphatic heterocycles. The van der Waals surface area contributed by atoms with Crippen LogP contribution in [-0.4, -0.2) is 16.0 Å². The largest absolute Gasteiger partial charge is 0.451 e. The van der Waals surface area contributed by atoms with Gasteiger partial charge < -0.3 is 9.73 Å². The van der Waals surface area contributed by atoms with Crippen LogP contribution >= 0.6 is 23.6 Å². The highest BCUT2D eigenvalue weighted by Crippen LogP contribution is 2.26. The molecule has 25 heavy (non-hydrogen) atoms. The van der Waals surface area contributed by atoms with Gasteiger partial charge in [-0.3, -0.25) is 10.1 Å². The molecule has 2 aromatic heterocycles. The van der Waals surface area contributed by atoms with Crippen molar-refractivity contribution in [3.8, 4) is 0 Å². The summed E-state index contributed by atoms with van der Waals surface area (Å²) in [6, 6.07) is 13.3. The summed E-state index contributed by atoms with van der Waals surface area (Å²) in [5.41, 5.74) is 1.28. The molecule has 0 aliphatic carbocycles. The van der Waals surface area contributed by atoms with Crippen LogP contribution in [-0.2, 0) is 0 Å². The van der Waals surface area contributed by atoms with E-state index in [0.29, 0.717) is 20.9 Å². The van der Waals surface area contributed by atoms with E-state index in [1.807, 2.05) is 18.2 Å². The fourth-order valence-corrected chi connectivity index (χ4v) is 3.49. The lowest BCUT2D eigenvalue weighted by Crippen LogP contribution is -2.33. The van der Waals surface area contributed by atoms with E-state index < -0.39 is 5.91 Å². The number of amides is 1. The number of thiocarbonyl (C=S) groups is 1. The first-order valence-corrected chi connectivity index (χ1v) is 8.48. The number of anilines is 1. The Morgan fingerprint density at radius 3 is 2.88 bits per heavy atom. The summed E-state index contributed by atoms with van der Waals surface area (Å²) in [5, 5.41) is 6.76. The van der Waals surface area contributed by atoms with Gasteiger partial charge in [0, 0.05) is 5.39 Å². The predicted molar refractivity (Wildman–Crippen MR) is 99.5 cm³/mol. The third-order valence-corrected chi connectivity index (χ3v) is 4.59. The number of nitrogens with zero attached hydrogens (tertiary/aromatic N) is 1. The number of thiazole rings is 1. The lowest BCUT2D eigenvalue weighted by atomic mass is 10.2. The Kier molecular flexibility index (Phi) is 3.90. The van der Waals surface area contributed by atoms with Gasteiger partial charge in [0.15, 0.2) is 16.0 Å². The van der Waals surface area contributed by atoms with Gasteiger partial charge in [-0.25, -0.2) is 9.37 Å². The van der Waals surface area contributed by atoms with E-state index in [2.05, 4.69) is 15.6 Å². The number of rotatable bonds is 2. The molecule has 0 bridgehead atoms. The first kappa shape index (κ1) is 15.7. The van der Waals surface area contributed by atoms with E-state index in [1.54, 1.807) is 18.2 Å². The highest BCUT2D eigenvalue weighted by atomic mass is 32.1. The van der Waals surface area contributed by atoms with Crippen molar-refractivity contribution in [3.63, 3.8) is 0 Å². The average Bonchev–Trinajstić information content (AvgIpc) is 3.17. The molecule has 8 heteroatoms. The number of benzene rings is 2. The Hall–Kier alpha value is -2.84. The van der Waals surface area contributed by atoms with Gasteiger partial charge in [0.1, 0.15) is 11.4 Å². The molecule has 0 radical (unpaired) electrons. The molecule has 5 nitrogen and oxygen atoms in total. The average molecular weight is 371 g/mol. The number of fused-ring (bicyclic) bond motifs is 2. The third-order valence-electron chi connectivity index (χ3n) is 3.45. The van der Waals surface area contributed by atoms with Gasteiger partial charge >= 0.3 is 0 Å². The van der Waals surface area contributed by atoms with Crippen LogP contribution in [0.2, 0.25) is 0 Å². The molecule has 4 rings (SSSR count). The number of para-hydroxylation sites is 1. The van der Waals surface area contributed by atoms with Crippen molar-refractivity contribution in [1.82, 2.24) is 10.3 Å². The minimum atomic E-state index is -0.458. The van der Waals surface area contributed by atoms with Crippen LogP contribution in [0.5, 0.6) is 0 Å². The van der Waals surface area contributed by atoms with Gasteiger partial charge in [0.25, 0.3) is 5.91 Å². The first-order chi connectivity index (χ1) is 12.1. The van der Waals surface area contributed by atoms with E-state index in [4.69, 9.17) is 16.6 Å². The Bertz CT molecular complexity index is 1090. The molecule has 0 spiro atoms. The monoisotopic (exact) mass is 371 g/mol. The molecule has 0 fully saturated rings. The summed E-state index contributed by atoms with van der Waals surface area (Å²) >= 11 is 6.37. The van der Waals surface area contributed by atoms with Crippen molar-refractivity contribution in [2.75, 3.05) is 5.32 Å². The second-order valence-corrected chi connectivity index (χ2v) is 6.63. The molecule has 4 aromatic rings. The number of aromatic nitrogens is 1. The molecule has 0 unspecified atom stereocenters. The van der Waals surface area contributed by atoms with Crippen LogP contribution in [0.25, 0.3) is 21.2 Å². The van der Waals surface area contributed by atoms with Crippen molar-refractivity contribution in [1.29, 1.82) is 0 Å². The van der Waals surface area contributed by atoms with E-state index in [0.717, 1.165) is 5.39 Å². The van der Waals surface area contributed by atoms with E-state index in [1.165, 1.54) is 23.5 Å². The lowest BCUT2D eigenvalue weighted by Gasteiger charge is -2.04. The molecule has 2 aromatic carbocycles. The summed E-state index contributed by atoms with van der Waals surface area (Å²) in [6.45, 7) is 0. The SMILES string of the molecule is O=C(NC(=S)Nc1nc2ccc(F)cc2s1)c1cc2ccccc2o1. The maximum Gasteiger partial charge on any atom is 0.293 e. The molecule has 0 atom stereocenters. The smallest absolute Gasteiger partial charge is 0.293 e. The van der Waals surface area contributed by atoms with Crippen molar-refractivity contribution in [2.24, 2.45) is 0 Å². The Balaban J connectivity index is 1.47. The van der Waals surface area contributed by atoms with E-state index in [-0.39, 0.29) is 16.7 Å². The molecule has 2 heterocycles. The molecule has 0 aliphatic rings. The highest BCUT2D eigenvalue weighted by molar-refractivity contribution is 7.80. The van der Waals surface area contributed by atoms with E-state index in [9.17, 15) is 9.18 Å². The molecule has 0 saturated heterocycles. The Morgan fingerprint density at radius 1 is 1.20 bits per heavy atom. The number of furan rings is 1. The lowest BCUT2D eigenvalue weighted by molar-refractivity contribution is 0.0953. The van der Waals surface area contributed by atoms with Crippen LogP contribution in [0.4, 0.5) is 9.52 Å². The Morgan fingerprint density at radius 2 is 2.04 bits per heavy atom. The standard InChI is InChI=1S/C17H10FN3O2S2/c18-10-5-6-11-14(8-10)25-17(19-11)21-16(24)20-15(22)13-7-9-3-1-2-4-12(9)23-13/h1-8H,(H2,19,20,21,22,24). The zero-order valence-corrected chi connectivity index (χ0v) is 14.2. The zero-order chi connectivity index (χ0) is 17.4. The third kappa shape index (κ3) is 3.21. The minimum absolute atomic E-state index is 0.0879. The molecular weight excluding hydrogens is 361 g/mol.